The monoisotopic (exact) mass is 191 g/mol. The Morgan fingerprint density at radius 1 is 1.36 bits per heavy atom. The van der Waals surface area contributed by atoms with E-state index in [9.17, 15) is 0 Å². The van der Waals surface area contributed by atoms with Crippen molar-refractivity contribution in [2.45, 2.75) is 25.9 Å². The van der Waals surface area contributed by atoms with Crippen molar-refractivity contribution < 1.29 is 4.74 Å². The second kappa shape index (κ2) is 4.47. The van der Waals surface area contributed by atoms with Crippen molar-refractivity contribution in [2.75, 3.05) is 13.1 Å². The average molecular weight is 191 g/mol. The fraction of sp³-hybridized carbons (Fsp3) is 0.500. The molecule has 1 atom stereocenters. The second-order valence-electron chi connectivity index (χ2n) is 3.73. The van der Waals surface area contributed by atoms with Gasteiger partial charge in [0, 0.05) is 6.54 Å². The third-order valence-corrected chi connectivity index (χ3v) is 2.65. The standard InChI is InChI=1S/C12H17NO/c1-2-10-3-5-11(6-4-10)14-12-7-8-13-9-12/h3-6,12-13H,2,7-9H2,1H3/t12-/m0/s1. The molecule has 2 rings (SSSR count). The molecule has 0 saturated carbocycles. The molecule has 1 aromatic carbocycles. The first kappa shape index (κ1) is 9.53. The maximum absolute atomic E-state index is 5.81. The first-order valence-corrected chi connectivity index (χ1v) is 5.35. The highest BCUT2D eigenvalue weighted by Crippen LogP contribution is 2.16. The Hall–Kier alpha value is -1.02. The first-order valence-electron chi connectivity index (χ1n) is 5.35. The lowest BCUT2D eigenvalue weighted by Crippen LogP contribution is -2.19. The predicted octanol–water partition coefficient (Wildman–Crippen LogP) is 1.99. The van der Waals surface area contributed by atoms with Crippen LogP contribution >= 0.6 is 0 Å². The van der Waals surface area contributed by atoms with Crippen molar-refractivity contribution in [1.29, 1.82) is 0 Å². The van der Waals surface area contributed by atoms with Crippen LogP contribution in [0.5, 0.6) is 5.75 Å². The summed E-state index contributed by atoms with van der Waals surface area (Å²) in [5.74, 6) is 0.996. The van der Waals surface area contributed by atoms with Crippen LogP contribution in [-0.2, 0) is 6.42 Å². The van der Waals surface area contributed by atoms with Crippen LogP contribution in [0.25, 0.3) is 0 Å². The molecule has 0 amide bonds. The highest BCUT2D eigenvalue weighted by molar-refractivity contribution is 5.27. The molecular formula is C12H17NO. The molecule has 1 heterocycles. The maximum Gasteiger partial charge on any atom is 0.119 e. The van der Waals surface area contributed by atoms with E-state index in [1.165, 1.54) is 5.56 Å². The molecule has 0 aromatic heterocycles. The Morgan fingerprint density at radius 3 is 2.71 bits per heavy atom. The van der Waals surface area contributed by atoms with E-state index in [4.69, 9.17) is 4.74 Å². The van der Waals surface area contributed by atoms with E-state index in [2.05, 4.69) is 36.5 Å². The van der Waals surface area contributed by atoms with Crippen molar-refractivity contribution in [3.8, 4) is 5.75 Å². The van der Waals surface area contributed by atoms with Crippen LogP contribution in [0.2, 0.25) is 0 Å². The molecule has 0 bridgehead atoms. The molecule has 76 valence electrons. The molecule has 1 fully saturated rings. The van der Waals surface area contributed by atoms with Gasteiger partial charge in [-0.15, -0.1) is 0 Å². The van der Waals surface area contributed by atoms with Gasteiger partial charge in [-0.3, -0.25) is 0 Å². The second-order valence-corrected chi connectivity index (χ2v) is 3.73. The van der Waals surface area contributed by atoms with Crippen LogP contribution in [0.1, 0.15) is 18.9 Å². The molecule has 1 aliphatic heterocycles. The van der Waals surface area contributed by atoms with Crippen LogP contribution in [-0.4, -0.2) is 19.2 Å². The van der Waals surface area contributed by atoms with Gasteiger partial charge < -0.3 is 10.1 Å². The Kier molecular flexibility index (Phi) is 3.04. The Morgan fingerprint density at radius 2 is 2.14 bits per heavy atom. The van der Waals surface area contributed by atoms with E-state index in [-0.39, 0.29) is 0 Å². The van der Waals surface area contributed by atoms with E-state index < -0.39 is 0 Å². The van der Waals surface area contributed by atoms with Crippen LogP contribution < -0.4 is 10.1 Å². The van der Waals surface area contributed by atoms with Crippen LogP contribution in [0.4, 0.5) is 0 Å². The van der Waals surface area contributed by atoms with Gasteiger partial charge in [-0.1, -0.05) is 19.1 Å². The van der Waals surface area contributed by atoms with Gasteiger partial charge in [-0.2, -0.15) is 0 Å². The molecule has 1 aliphatic rings. The van der Waals surface area contributed by atoms with Gasteiger partial charge in [0.05, 0.1) is 0 Å². The molecule has 1 aromatic rings. The summed E-state index contributed by atoms with van der Waals surface area (Å²) >= 11 is 0. The smallest absolute Gasteiger partial charge is 0.119 e. The quantitative estimate of drug-likeness (QED) is 0.789. The Labute approximate surface area is 85.3 Å². The summed E-state index contributed by atoms with van der Waals surface area (Å²) < 4.78 is 5.81. The van der Waals surface area contributed by atoms with Crippen molar-refractivity contribution >= 4 is 0 Å². The summed E-state index contributed by atoms with van der Waals surface area (Å²) in [5.41, 5.74) is 1.36. The van der Waals surface area contributed by atoms with Crippen molar-refractivity contribution in [3.05, 3.63) is 29.8 Å². The molecule has 2 nitrogen and oxygen atoms in total. The van der Waals surface area contributed by atoms with Crippen molar-refractivity contribution in [1.82, 2.24) is 5.32 Å². The van der Waals surface area contributed by atoms with E-state index >= 15 is 0 Å². The molecule has 1 N–H and O–H groups in total. The molecule has 0 unspecified atom stereocenters. The first-order chi connectivity index (χ1) is 6.88. The highest BCUT2D eigenvalue weighted by Gasteiger charge is 2.15. The minimum absolute atomic E-state index is 0.363. The van der Waals surface area contributed by atoms with Gasteiger partial charge >= 0.3 is 0 Å². The Bertz CT molecular complexity index is 275. The van der Waals surface area contributed by atoms with Gasteiger partial charge in [0.1, 0.15) is 11.9 Å². The van der Waals surface area contributed by atoms with Crippen LogP contribution in [0.3, 0.4) is 0 Å². The number of ether oxygens (including phenoxy) is 1. The summed E-state index contributed by atoms with van der Waals surface area (Å²) in [7, 11) is 0. The third-order valence-electron chi connectivity index (χ3n) is 2.65. The van der Waals surface area contributed by atoms with Gasteiger partial charge in [-0.05, 0) is 37.1 Å². The van der Waals surface area contributed by atoms with E-state index in [1.54, 1.807) is 0 Å². The minimum atomic E-state index is 0.363. The molecule has 0 aliphatic carbocycles. The molecule has 14 heavy (non-hydrogen) atoms. The zero-order chi connectivity index (χ0) is 9.80. The predicted molar refractivity (Wildman–Crippen MR) is 57.7 cm³/mol. The zero-order valence-corrected chi connectivity index (χ0v) is 8.62. The maximum atomic E-state index is 5.81. The summed E-state index contributed by atoms with van der Waals surface area (Å²) in [5, 5.41) is 3.29. The third kappa shape index (κ3) is 2.26. The van der Waals surface area contributed by atoms with Gasteiger partial charge in [0.25, 0.3) is 0 Å². The summed E-state index contributed by atoms with van der Waals surface area (Å²) in [6.07, 6.45) is 2.57. The SMILES string of the molecule is CCc1ccc(O[C@H]2CCNC2)cc1. The zero-order valence-electron chi connectivity index (χ0n) is 8.62. The van der Waals surface area contributed by atoms with Crippen molar-refractivity contribution in [3.63, 3.8) is 0 Å². The number of hydrogen-bond acceptors (Lipinski definition) is 2. The fourth-order valence-electron chi connectivity index (χ4n) is 1.72. The number of hydrogen-bond donors (Lipinski definition) is 1. The van der Waals surface area contributed by atoms with E-state index in [0.717, 1.165) is 31.7 Å². The molecule has 1 saturated heterocycles. The molecular weight excluding hydrogens is 174 g/mol. The molecule has 0 spiro atoms. The largest absolute Gasteiger partial charge is 0.489 e. The lowest BCUT2D eigenvalue weighted by molar-refractivity contribution is 0.223. The average Bonchev–Trinajstić information content (AvgIpc) is 2.72. The molecule has 0 radical (unpaired) electrons. The van der Waals surface area contributed by atoms with Gasteiger partial charge in [0.15, 0.2) is 0 Å². The lowest BCUT2D eigenvalue weighted by atomic mass is 10.2. The normalized spacial score (nSPS) is 21.1. The van der Waals surface area contributed by atoms with Crippen LogP contribution in [0.15, 0.2) is 24.3 Å². The van der Waals surface area contributed by atoms with Crippen LogP contribution in [0, 0.1) is 0 Å². The summed E-state index contributed by atoms with van der Waals surface area (Å²) in [4.78, 5) is 0. The number of nitrogens with one attached hydrogen (secondary N) is 1. The number of aryl methyl sites for hydroxylation is 1. The number of rotatable bonds is 3. The van der Waals surface area contributed by atoms with E-state index in [0.29, 0.717) is 6.10 Å². The molecule has 2 heteroatoms. The lowest BCUT2D eigenvalue weighted by Gasteiger charge is -2.12. The highest BCUT2D eigenvalue weighted by atomic mass is 16.5. The summed E-state index contributed by atoms with van der Waals surface area (Å²) in [6, 6.07) is 8.41. The summed E-state index contributed by atoms with van der Waals surface area (Å²) in [6.45, 7) is 4.23. The van der Waals surface area contributed by atoms with Gasteiger partial charge in [0.2, 0.25) is 0 Å². The Balaban J connectivity index is 1.95. The minimum Gasteiger partial charge on any atom is -0.489 e. The van der Waals surface area contributed by atoms with E-state index in [1.807, 2.05) is 0 Å². The topological polar surface area (TPSA) is 21.3 Å². The van der Waals surface area contributed by atoms with Gasteiger partial charge in [-0.25, -0.2) is 0 Å². The fourth-order valence-corrected chi connectivity index (χ4v) is 1.72. The van der Waals surface area contributed by atoms with Crippen molar-refractivity contribution in [2.24, 2.45) is 0 Å². The number of benzene rings is 1.